The molecule has 1 aliphatic heterocycles. The highest BCUT2D eigenvalue weighted by Gasteiger charge is 2.47. The van der Waals surface area contributed by atoms with Crippen LogP contribution in [0, 0.1) is 11.8 Å². The summed E-state index contributed by atoms with van der Waals surface area (Å²) in [6.45, 7) is 7.69. The molecule has 6 unspecified atom stereocenters. The molecule has 7 atom stereocenters. The van der Waals surface area contributed by atoms with Crippen molar-refractivity contribution >= 4 is 0 Å². The second-order valence-electron chi connectivity index (χ2n) is 6.17. The van der Waals surface area contributed by atoms with E-state index in [4.69, 9.17) is 9.47 Å². The third-order valence-electron chi connectivity index (χ3n) is 4.99. The van der Waals surface area contributed by atoms with E-state index in [0.717, 1.165) is 13.0 Å². The van der Waals surface area contributed by atoms with E-state index in [2.05, 4.69) is 38.5 Å². The van der Waals surface area contributed by atoms with Crippen LogP contribution < -0.4 is 10.6 Å². The van der Waals surface area contributed by atoms with Crippen molar-refractivity contribution in [3.8, 4) is 0 Å². The standard InChI is InChI=1S/C15H30N2O2/c1-6-17-14-12(16-4)8-11(15-10(3)19-15)9(2)7-13(14)18-5/h9-17H,6-8H2,1-5H3/t9?,10?,11-,12?,13?,14?,15?/m1/s1. The van der Waals surface area contributed by atoms with Crippen molar-refractivity contribution in [3.05, 3.63) is 0 Å². The van der Waals surface area contributed by atoms with Crippen LogP contribution in [0.3, 0.4) is 0 Å². The average molecular weight is 270 g/mol. The van der Waals surface area contributed by atoms with Gasteiger partial charge in [0, 0.05) is 19.2 Å². The van der Waals surface area contributed by atoms with Crippen molar-refractivity contribution in [1.29, 1.82) is 0 Å². The molecule has 2 N–H and O–H groups in total. The summed E-state index contributed by atoms with van der Waals surface area (Å²) >= 11 is 0. The fourth-order valence-electron chi connectivity index (χ4n) is 3.78. The molecule has 1 heterocycles. The second-order valence-corrected chi connectivity index (χ2v) is 6.17. The minimum Gasteiger partial charge on any atom is -0.380 e. The molecule has 2 fully saturated rings. The number of hydrogen-bond acceptors (Lipinski definition) is 4. The molecule has 1 saturated heterocycles. The first-order valence-electron chi connectivity index (χ1n) is 7.71. The lowest BCUT2D eigenvalue weighted by atomic mass is 9.85. The Labute approximate surface area is 117 Å². The van der Waals surface area contributed by atoms with Gasteiger partial charge < -0.3 is 20.1 Å². The summed E-state index contributed by atoms with van der Waals surface area (Å²) in [5.74, 6) is 1.30. The van der Waals surface area contributed by atoms with Gasteiger partial charge >= 0.3 is 0 Å². The second kappa shape index (κ2) is 6.53. The molecule has 0 amide bonds. The fraction of sp³-hybridized carbons (Fsp3) is 1.00. The van der Waals surface area contributed by atoms with E-state index in [1.807, 2.05) is 7.11 Å². The third-order valence-corrected chi connectivity index (χ3v) is 4.99. The first-order valence-corrected chi connectivity index (χ1v) is 7.71. The molecule has 0 bridgehead atoms. The van der Waals surface area contributed by atoms with Gasteiger partial charge in [-0.3, -0.25) is 0 Å². The molecule has 0 spiro atoms. The van der Waals surface area contributed by atoms with Crippen molar-refractivity contribution in [2.75, 3.05) is 20.7 Å². The van der Waals surface area contributed by atoms with Gasteiger partial charge in [0.1, 0.15) is 0 Å². The van der Waals surface area contributed by atoms with Gasteiger partial charge in [-0.25, -0.2) is 0 Å². The molecule has 0 aromatic carbocycles. The van der Waals surface area contributed by atoms with E-state index in [-0.39, 0.29) is 6.10 Å². The number of likely N-dealkylation sites (N-methyl/N-ethyl adjacent to an activating group) is 2. The minimum absolute atomic E-state index is 0.284. The van der Waals surface area contributed by atoms with Crippen LogP contribution in [0.1, 0.15) is 33.6 Å². The summed E-state index contributed by atoms with van der Waals surface area (Å²) in [5, 5.41) is 7.10. The monoisotopic (exact) mass is 270 g/mol. The quantitative estimate of drug-likeness (QED) is 0.585. The van der Waals surface area contributed by atoms with Crippen LogP contribution in [0.25, 0.3) is 0 Å². The Kier molecular flexibility index (Phi) is 5.23. The first-order chi connectivity index (χ1) is 9.12. The van der Waals surface area contributed by atoms with Crippen molar-refractivity contribution in [2.45, 2.75) is 64.0 Å². The molecule has 4 heteroatoms. The zero-order valence-electron chi connectivity index (χ0n) is 13.0. The van der Waals surface area contributed by atoms with Crippen LogP contribution >= 0.6 is 0 Å². The topological polar surface area (TPSA) is 45.8 Å². The highest BCUT2D eigenvalue weighted by molar-refractivity contribution is 5.00. The van der Waals surface area contributed by atoms with Crippen LogP contribution in [0.2, 0.25) is 0 Å². The molecule has 2 rings (SSSR count). The Bertz CT molecular complexity index is 287. The van der Waals surface area contributed by atoms with E-state index in [9.17, 15) is 0 Å². The Morgan fingerprint density at radius 3 is 2.42 bits per heavy atom. The maximum Gasteiger partial charge on any atom is 0.0870 e. The zero-order valence-corrected chi connectivity index (χ0v) is 13.0. The molecule has 1 saturated carbocycles. The Morgan fingerprint density at radius 2 is 1.95 bits per heavy atom. The molecule has 0 aromatic heterocycles. The van der Waals surface area contributed by atoms with Gasteiger partial charge in [0.15, 0.2) is 0 Å². The van der Waals surface area contributed by atoms with Crippen LogP contribution in [0.5, 0.6) is 0 Å². The molecule has 0 aromatic rings. The molecule has 1 aliphatic carbocycles. The largest absolute Gasteiger partial charge is 0.380 e. The number of nitrogens with one attached hydrogen (secondary N) is 2. The molecular formula is C15H30N2O2. The van der Waals surface area contributed by atoms with Crippen LogP contribution in [-0.2, 0) is 9.47 Å². The van der Waals surface area contributed by atoms with E-state index >= 15 is 0 Å². The van der Waals surface area contributed by atoms with Crippen LogP contribution in [0.15, 0.2) is 0 Å². The van der Waals surface area contributed by atoms with Crippen molar-refractivity contribution in [1.82, 2.24) is 10.6 Å². The predicted octanol–water partition coefficient (Wildman–Crippen LogP) is 1.40. The lowest BCUT2D eigenvalue weighted by molar-refractivity contribution is 0.0470. The van der Waals surface area contributed by atoms with E-state index in [1.165, 1.54) is 6.42 Å². The SMILES string of the molecule is CCNC1C(NC)C[C@@H](C2OC2C)C(C)CC1OC. The maximum absolute atomic E-state index is 5.77. The normalized spacial score (nSPS) is 46.9. The maximum atomic E-state index is 5.77. The van der Waals surface area contributed by atoms with Crippen molar-refractivity contribution in [2.24, 2.45) is 11.8 Å². The molecule has 112 valence electrons. The lowest BCUT2D eigenvalue weighted by Gasteiger charge is -2.31. The molecule has 4 nitrogen and oxygen atoms in total. The summed E-state index contributed by atoms with van der Waals surface area (Å²) in [4.78, 5) is 0. The third kappa shape index (κ3) is 3.30. The summed E-state index contributed by atoms with van der Waals surface area (Å²) < 4.78 is 11.5. The molecule has 19 heavy (non-hydrogen) atoms. The highest BCUT2D eigenvalue weighted by Crippen LogP contribution is 2.41. The Balaban J connectivity index is 2.12. The van der Waals surface area contributed by atoms with Gasteiger partial charge in [-0.15, -0.1) is 0 Å². The number of ether oxygens (including phenoxy) is 2. The first kappa shape index (κ1) is 15.2. The molecule has 0 radical (unpaired) electrons. The van der Waals surface area contributed by atoms with Gasteiger partial charge in [-0.05, 0) is 45.2 Å². The van der Waals surface area contributed by atoms with E-state index in [0.29, 0.717) is 36.1 Å². The highest BCUT2D eigenvalue weighted by atomic mass is 16.6. The van der Waals surface area contributed by atoms with Gasteiger partial charge in [-0.2, -0.15) is 0 Å². The zero-order chi connectivity index (χ0) is 14.0. The summed E-state index contributed by atoms with van der Waals surface area (Å²) in [6, 6.07) is 0.845. The van der Waals surface area contributed by atoms with Gasteiger partial charge in [-0.1, -0.05) is 13.8 Å². The summed E-state index contributed by atoms with van der Waals surface area (Å²) in [7, 11) is 3.90. The molecular weight excluding hydrogens is 240 g/mol. The van der Waals surface area contributed by atoms with Crippen LogP contribution in [-0.4, -0.2) is 51.1 Å². The van der Waals surface area contributed by atoms with E-state index < -0.39 is 0 Å². The fourth-order valence-corrected chi connectivity index (χ4v) is 3.78. The summed E-state index contributed by atoms with van der Waals surface area (Å²) in [5.41, 5.74) is 0. The van der Waals surface area contributed by atoms with Gasteiger partial charge in [0.25, 0.3) is 0 Å². The number of rotatable bonds is 5. The lowest BCUT2D eigenvalue weighted by Crippen LogP contribution is -2.53. The number of epoxide rings is 1. The smallest absolute Gasteiger partial charge is 0.0870 e. The summed E-state index contributed by atoms with van der Waals surface area (Å²) in [6.07, 6.45) is 3.48. The predicted molar refractivity (Wildman–Crippen MR) is 77.3 cm³/mol. The van der Waals surface area contributed by atoms with Gasteiger partial charge in [0.2, 0.25) is 0 Å². The molecule has 2 aliphatic rings. The average Bonchev–Trinajstić information content (AvgIpc) is 3.13. The van der Waals surface area contributed by atoms with Crippen molar-refractivity contribution in [3.63, 3.8) is 0 Å². The number of methoxy groups -OCH3 is 1. The minimum atomic E-state index is 0.284. The van der Waals surface area contributed by atoms with E-state index in [1.54, 1.807) is 0 Å². The van der Waals surface area contributed by atoms with Crippen LogP contribution in [0.4, 0.5) is 0 Å². The van der Waals surface area contributed by atoms with Crippen molar-refractivity contribution < 1.29 is 9.47 Å². The number of hydrogen-bond donors (Lipinski definition) is 2. The Morgan fingerprint density at radius 1 is 1.26 bits per heavy atom. The Hall–Kier alpha value is -0.160. The van der Waals surface area contributed by atoms with Gasteiger partial charge in [0.05, 0.1) is 18.3 Å².